The summed E-state index contributed by atoms with van der Waals surface area (Å²) in [5, 5.41) is 14.7. The van der Waals surface area contributed by atoms with Gasteiger partial charge in [0, 0.05) is 30.7 Å². The van der Waals surface area contributed by atoms with Gasteiger partial charge >= 0.3 is 0 Å². The van der Waals surface area contributed by atoms with Gasteiger partial charge in [0.1, 0.15) is 0 Å². The van der Waals surface area contributed by atoms with Gasteiger partial charge in [-0.05, 0) is 13.0 Å². The molecule has 1 N–H and O–H groups in total. The predicted molar refractivity (Wildman–Crippen MR) is 96.5 cm³/mol. The maximum atomic E-state index is 12.3. The standard InChI is InChI=1S/C17H16N4O5S/c1-12-5-7-13(8-6-12)17-19-16(26-20-17)9-10-18-27(24,25)15-4-2-3-14(11-15)21(22)23/h2-8,11,18H,9-10H2,1H3. The average Bonchev–Trinajstić information content (AvgIpc) is 3.11. The summed E-state index contributed by atoms with van der Waals surface area (Å²) in [4.78, 5) is 14.2. The number of sulfonamides is 1. The van der Waals surface area contributed by atoms with Gasteiger partial charge in [0.25, 0.3) is 5.69 Å². The highest BCUT2D eigenvalue weighted by molar-refractivity contribution is 7.89. The van der Waals surface area contributed by atoms with E-state index < -0.39 is 14.9 Å². The molecule has 140 valence electrons. The van der Waals surface area contributed by atoms with Crippen molar-refractivity contribution in [2.24, 2.45) is 0 Å². The van der Waals surface area contributed by atoms with E-state index in [0.717, 1.165) is 17.2 Å². The molecule has 2 aromatic carbocycles. The van der Waals surface area contributed by atoms with Crippen LogP contribution in [-0.2, 0) is 16.4 Å². The molecule has 0 aliphatic rings. The molecule has 0 aliphatic heterocycles. The lowest BCUT2D eigenvalue weighted by molar-refractivity contribution is -0.385. The number of nitrogens with one attached hydrogen (secondary N) is 1. The Labute approximate surface area is 155 Å². The Bertz CT molecular complexity index is 1060. The van der Waals surface area contributed by atoms with Gasteiger partial charge in [0.2, 0.25) is 21.7 Å². The molecule has 27 heavy (non-hydrogen) atoms. The zero-order valence-corrected chi connectivity index (χ0v) is 15.1. The highest BCUT2D eigenvalue weighted by Gasteiger charge is 2.18. The molecule has 10 heteroatoms. The second-order valence-electron chi connectivity index (χ2n) is 5.78. The summed E-state index contributed by atoms with van der Waals surface area (Å²) >= 11 is 0. The third kappa shape index (κ3) is 4.54. The number of nitro benzene ring substituents is 1. The number of benzene rings is 2. The molecule has 0 atom stereocenters. The van der Waals surface area contributed by atoms with E-state index in [2.05, 4.69) is 14.9 Å². The first-order chi connectivity index (χ1) is 12.8. The van der Waals surface area contributed by atoms with E-state index in [0.29, 0.717) is 5.82 Å². The van der Waals surface area contributed by atoms with E-state index >= 15 is 0 Å². The number of nitrogens with zero attached hydrogens (tertiary/aromatic N) is 3. The van der Waals surface area contributed by atoms with Gasteiger partial charge in [-0.25, -0.2) is 13.1 Å². The highest BCUT2D eigenvalue weighted by Crippen LogP contribution is 2.18. The Morgan fingerprint density at radius 2 is 1.93 bits per heavy atom. The summed E-state index contributed by atoms with van der Waals surface area (Å²) in [6, 6.07) is 12.4. The van der Waals surface area contributed by atoms with Crippen molar-refractivity contribution in [3.05, 3.63) is 70.1 Å². The van der Waals surface area contributed by atoms with Crippen LogP contribution < -0.4 is 4.72 Å². The number of aromatic nitrogens is 2. The van der Waals surface area contributed by atoms with E-state index in [1.54, 1.807) is 0 Å². The fourth-order valence-corrected chi connectivity index (χ4v) is 3.39. The van der Waals surface area contributed by atoms with Crippen LogP contribution in [0.4, 0.5) is 5.69 Å². The first kappa shape index (κ1) is 18.7. The van der Waals surface area contributed by atoms with Crippen LogP contribution >= 0.6 is 0 Å². The normalized spacial score (nSPS) is 11.4. The summed E-state index contributed by atoms with van der Waals surface area (Å²) in [5.74, 6) is 0.707. The Kier molecular flexibility index (Phi) is 5.28. The maximum Gasteiger partial charge on any atom is 0.270 e. The summed E-state index contributed by atoms with van der Waals surface area (Å²) in [5.41, 5.74) is 1.61. The van der Waals surface area contributed by atoms with E-state index in [9.17, 15) is 18.5 Å². The van der Waals surface area contributed by atoms with Crippen molar-refractivity contribution in [2.45, 2.75) is 18.2 Å². The third-order valence-electron chi connectivity index (χ3n) is 3.75. The van der Waals surface area contributed by atoms with Crippen LogP contribution in [0.5, 0.6) is 0 Å². The molecule has 0 aliphatic carbocycles. The number of nitro groups is 1. The van der Waals surface area contributed by atoms with Crippen LogP contribution in [0, 0.1) is 17.0 Å². The van der Waals surface area contributed by atoms with Gasteiger partial charge in [-0.3, -0.25) is 10.1 Å². The lowest BCUT2D eigenvalue weighted by atomic mass is 10.1. The summed E-state index contributed by atoms with van der Waals surface area (Å²) in [7, 11) is -3.88. The second-order valence-corrected chi connectivity index (χ2v) is 7.55. The van der Waals surface area contributed by atoms with Crippen LogP contribution in [-0.4, -0.2) is 30.0 Å². The van der Waals surface area contributed by atoms with Gasteiger partial charge in [-0.2, -0.15) is 4.98 Å². The second kappa shape index (κ2) is 7.64. The average molecular weight is 388 g/mol. The molecule has 0 saturated heterocycles. The zero-order chi connectivity index (χ0) is 19.4. The predicted octanol–water partition coefficient (Wildman–Crippen LogP) is 2.47. The van der Waals surface area contributed by atoms with E-state index in [1.165, 1.54) is 18.2 Å². The Balaban J connectivity index is 1.63. The number of hydrogen-bond acceptors (Lipinski definition) is 7. The minimum absolute atomic E-state index is 0.0144. The lowest BCUT2D eigenvalue weighted by Crippen LogP contribution is -2.26. The van der Waals surface area contributed by atoms with Gasteiger partial charge < -0.3 is 4.52 Å². The number of rotatable bonds is 7. The molecule has 0 bridgehead atoms. The number of hydrogen-bond donors (Lipinski definition) is 1. The monoisotopic (exact) mass is 388 g/mol. The maximum absolute atomic E-state index is 12.3. The molecule has 0 spiro atoms. The molecule has 3 rings (SSSR count). The van der Waals surface area contributed by atoms with Crippen molar-refractivity contribution in [1.82, 2.24) is 14.9 Å². The summed E-state index contributed by atoms with van der Waals surface area (Å²) < 4.78 is 32.0. The SMILES string of the molecule is Cc1ccc(-c2noc(CCNS(=O)(=O)c3cccc([N+](=O)[O-])c3)n2)cc1. The Morgan fingerprint density at radius 1 is 1.19 bits per heavy atom. The van der Waals surface area contributed by atoms with Crippen molar-refractivity contribution < 1.29 is 17.9 Å². The quantitative estimate of drug-likeness (QED) is 0.486. The molecule has 3 aromatic rings. The molecule has 9 nitrogen and oxygen atoms in total. The lowest BCUT2D eigenvalue weighted by Gasteiger charge is -2.05. The van der Waals surface area contributed by atoms with Gasteiger partial charge in [-0.15, -0.1) is 0 Å². The minimum Gasteiger partial charge on any atom is -0.339 e. The van der Waals surface area contributed by atoms with Crippen molar-refractivity contribution in [3.63, 3.8) is 0 Å². The number of aryl methyl sites for hydroxylation is 1. The first-order valence-corrected chi connectivity index (χ1v) is 9.47. The van der Waals surface area contributed by atoms with Crippen LogP contribution in [0.1, 0.15) is 11.5 Å². The van der Waals surface area contributed by atoms with Crippen LogP contribution in [0.3, 0.4) is 0 Å². The molecule has 0 radical (unpaired) electrons. The zero-order valence-electron chi connectivity index (χ0n) is 14.3. The first-order valence-electron chi connectivity index (χ1n) is 7.99. The third-order valence-corrected chi connectivity index (χ3v) is 5.21. The molecule has 0 amide bonds. The van der Waals surface area contributed by atoms with Crippen molar-refractivity contribution in [3.8, 4) is 11.4 Å². The topological polar surface area (TPSA) is 128 Å². The van der Waals surface area contributed by atoms with E-state index in [4.69, 9.17) is 4.52 Å². The Hall–Kier alpha value is -3.11. The molecular formula is C17H16N4O5S. The van der Waals surface area contributed by atoms with Crippen molar-refractivity contribution >= 4 is 15.7 Å². The van der Waals surface area contributed by atoms with Crippen molar-refractivity contribution in [1.29, 1.82) is 0 Å². The minimum atomic E-state index is -3.88. The number of non-ortho nitro benzene ring substituents is 1. The largest absolute Gasteiger partial charge is 0.339 e. The molecule has 0 fully saturated rings. The smallest absolute Gasteiger partial charge is 0.270 e. The van der Waals surface area contributed by atoms with E-state index in [-0.39, 0.29) is 29.4 Å². The van der Waals surface area contributed by atoms with Gasteiger partial charge in [0.05, 0.1) is 9.82 Å². The van der Waals surface area contributed by atoms with Crippen LogP contribution in [0.25, 0.3) is 11.4 Å². The van der Waals surface area contributed by atoms with Crippen LogP contribution in [0.15, 0.2) is 57.9 Å². The fourth-order valence-electron chi connectivity index (χ4n) is 2.32. The fraction of sp³-hybridized carbons (Fsp3) is 0.176. The van der Waals surface area contributed by atoms with Crippen molar-refractivity contribution in [2.75, 3.05) is 6.54 Å². The molecule has 0 saturated carbocycles. The molecule has 0 unspecified atom stereocenters. The molecule has 1 heterocycles. The van der Waals surface area contributed by atoms with Crippen LogP contribution in [0.2, 0.25) is 0 Å². The summed E-state index contributed by atoms with van der Waals surface area (Å²) in [6.45, 7) is 1.99. The van der Waals surface area contributed by atoms with Gasteiger partial charge in [0.15, 0.2) is 0 Å². The van der Waals surface area contributed by atoms with E-state index in [1.807, 2.05) is 31.2 Å². The Morgan fingerprint density at radius 3 is 2.63 bits per heavy atom. The highest BCUT2D eigenvalue weighted by atomic mass is 32.2. The van der Waals surface area contributed by atoms with Gasteiger partial charge in [-0.1, -0.05) is 41.1 Å². The summed E-state index contributed by atoms with van der Waals surface area (Å²) in [6.07, 6.45) is 0.188. The molecule has 1 aromatic heterocycles. The molecular weight excluding hydrogens is 372 g/mol.